The molecule has 4 aromatic rings. The van der Waals surface area contributed by atoms with Crippen molar-refractivity contribution in [2.75, 3.05) is 11.9 Å². The topological polar surface area (TPSA) is 170 Å². The molecule has 0 aliphatic rings. The van der Waals surface area contributed by atoms with E-state index >= 15 is 0 Å². The molecule has 11 nitrogen and oxygen atoms in total. The summed E-state index contributed by atoms with van der Waals surface area (Å²) in [5.74, 6) is 0. The summed E-state index contributed by atoms with van der Waals surface area (Å²) in [7, 11) is -8.85. The molecule has 0 radical (unpaired) electrons. The smallest absolute Gasteiger partial charge is 0.294 e. The van der Waals surface area contributed by atoms with E-state index in [0.29, 0.717) is 22.1 Å². The largest absolute Gasteiger partial charge is 0.385 e. The molecule has 0 aliphatic heterocycles. The predicted octanol–water partition coefficient (Wildman–Crippen LogP) is 7.15. The molecule has 0 heterocycles. The number of hydrogen-bond acceptors (Lipinski definition) is 9. The molecular weight excluding hydrogens is 542 g/mol. The highest BCUT2D eigenvalue weighted by atomic mass is 32.2. The Morgan fingerprint density at radius 3 is 1.72 bits per heavy atom. The van der Waals surface area contributed by atoms with Crippen molar-refractivity contribution in [1.82, 2.24) is 0 Å². The molecule has 0 saturated heterocycles. The van der Waals surface area contributed by atoms with E-state index in [4.69, 9.17) is 4.55 Å². The molecule has 0 unspecified atom stereocenters. The minimum Gasteiger partial charge on any atom is -0.385 e. The van der Waals surface area contributed by atoms with Gasteiger partial charge >= 0.3 is 0 Å². The maximum atomic E-state index is 11.8. The van der Waals surface area contributed by atoms with Gasteiger partial charge in [0.25, 0.3) is 20.2 Å². The molecule has 200 valence electrons. The van der Waals surface area contributed by atoms with Crippen LogP contribution < -0.4 is 5.32 Å². The molecule has 0 atom stereocenters. The van der Waals surface area contributed by atoms with Gasteiger partial charge in [-0.05, 0) is 79.2 Å². The van der Waals surface area contributed by atoms with E-state index in [1.54, 1.807) is 24.3 Å². The average Bonchev–Trinajstić information content (AvgIpc) is 2.91. The fourth-order valence-electron chi connectivity index (χ4n) is 3.50. The summed E-state index contributed by atoms with van der Waals surface area (Å²) in [6.07, 6.45) is 2.67. The van der Waals surface area contributed by atoms with Gasteiger partial charge in [-0.1, -0.05) is 12.1 Å². The molecule has 0 aliphatic carbocycles. The van der Waals surface area contributed by atoms with Crippen molar-refractivity contribution in [2.24, 2.45) is 20.5 Å². The van der Waals surface area contributed by atoms with Crippen LogP contribution in [0, 0.1) is 0 Å². The van der Waals surface area contributed by atoms with Crippen LogP contribution >= 0.6 is 0 Å². The van der Waals surface area contributed by atoms with E-state index < -0.39 is 20.2 Å². The third kappa shape index (κ3) is 7.18. The second-order valence-corrected chi connectivity index (χ2v) is 11.0. The first-order valence-electron chi connectivity index (χ1n) is 11.4. The molecule has 0 saturated carbocycles. The number of fused-ring (bicyclic) bond motifs is 1. The summed E-state index contributed by atoms with van der Waals surface area (Å²) < 4.78 is 64.7. The van der Waals surface area contributed by atoms with Crippen LogP contribution in [0.1, 0.15) is 6.42 Å². The Balaban J connectivity index is 1.67. The van der Waals surface area contributed by atoms with Gasteiger partial charge < -0.3 is 5.32 Å². The maximum absolute atomic E-state index is 11.8. The maximum Gasteiger partial charge on any atom is 0.294 e. The van der Waals surface area contributed by atoms with E-state index in [-0.39, 0.29) is 21.2 Å². The second-order valence-electron chi connectivity index (χ2n) is 8.21. The number of rotatable bonds is 10. The van der Waals surface area contributed by atoms with Crippen LogP contribution in [-0.2, 0) is 20.2 Å². The highest BCUT2D eigenvalue weighted by molar-refractivity contribution is 7.86. The van der Waals surface area contributed by atoms with E-state index in [2.05, 4.69) is 32.4 Å². The van der Waals surface area contributed by atoms with Crippen LogP contribution in [0.2, 0.25) is 0 Å². The summed E-state index contributed by atoms with van der Waals surface area (Å²) >= 11 is 0. The molecule has 13 heteroatoms. The second kappa shape index (κ2) is 11.6. The van der Waals surface area contributed by atoms with Crippen LogP contribution in [0.4, 0.5) is 28.4 Å². The number of anilines is 1. The minimum absolute atomic E-state index is 0.267. The van der Waals surface area contributed by atoms with Gasteiger partial charge in [0.1, 0.15) is 0 Å². The molecule has 0 fully saturated rings. The van der Waals surface area contributed by atoms with Gasteiger partial charge in [-0.2, -0.15) is 27.1 Å². The third-order valence-electron chi connectivity index (χ3n) is 5.47. The van der Waals surface area contributed by atoms with Gasteiger partial charge in [-0.3, -0.25) is 9.11 Å². The molecule has 0 amide bonds. The van der Waals surface area contributed by atoms with Gasteiger partial charge in [0.05, 0.1) is 32.5 Å². The van der Waals surface area contributed by atoms with Crippen LogP contribution in [0.3, 0.4) is 0 Å². The molecule has 4 rings (SSSR count). The zero-order valence-electron chi connectivity index (χ0n) is 20.3. The molecule has 3 N–H and O–H groups in total. The van der Waals surface area contributed by atoms with Crippen molar-refractivity contribution >= 4 is 59.4 Å². The lowest BCUT2D eigenvalue weighted by molar-refractivity contribution is 0.481. The van der Waals surface area contributed by atoms with Gasteiger partial charge in [0, 0.05) is 23.0 Å². The Kier molecular flexibility index (Phi) is 8.26. The van der Waals surface area contributed by atoms with Crippen molar-refractivity contribution in [3.8, 4) is 0 Å². The van der Waals surface area contributed by atoms with Crippen molar-refractivity contribution in [2.45, 2.75) is 16.2 Å². The summed E-state index contributed by atoms with van der Waals surface area (Å²) in [6, 6.07) is 19.6. The van der Waals surface area contributed by atoms with E-state index in [9.17, 15) is 21.4 Å². The monoisotopic (exact) mass is 565 g/mol. The van der Waals surface area contributed by atoms with Crippen LogP contribution in [0.15, 0.2) is 122 Å². The first-order valence-corrected chi connectivity index (χ1v) is 14.3. The molecule has 39 heavy (non-hydrogen) atoms. The van der Waals surface area contributed by atoms with Gasteiger partial charge in [-0.25, -0.2) is 0 Å². The summed E-state index contributed by atoms with van der Waals surface area (Å²) in [5, 5.41) is 20.9. The number of nitrogens with zero attached hydrogens (tertiary/aromatic N) is 4. The zero-order valence-corrected chi connectivity index (χ0v) is 22.0. The fraction of sp³-hybridized carbons (Fsp3) is 0.0769. The van der Waals surface area contributed by atoms with Crippen molar-refractivity contribution in [1.29, 1.82) is 0 Å². The van der Waals surface area contributed by atoms with E-state index in [0.717, 1.165) is 18.7 Å². The van der Waals surface area contributed by atoms with Crippen molar-refractivity contribution in [3.63, 3.8) is 0 Å². The Bertz CT molecular complexity index is 1790. The molecule has 0 spiro atoms. The quantitative estimate of drug-likeness (QED) is 0.0792. The standard InChI is InChI=1S/C26H23N5O6S2/c1-2-3-16-27-18-4-6-19(7-5-18)28-30-25-14-15-26(24-17-22(39(35,36)37)12-13-23(24)25)31-29-20-8-10-21(11-9-20)38(32,33)34/h2,4-15,17,27H,1,3,16H2,(H,32,33,34)(H,35,36,37). The van der Waals surface area contributed by atoms with Crippen molar-refractivity contribution < 1.29 is 25.9 Å². The predicted molar refractivity (Wildman–Crippen MR) is 148 cm³/mol. The molecule has 0 bridgehead atoms. The number of hydrogen-bond donors (Lipinski definition) is 3. The summed E-state index contributed by atoms with van der Waals surface area (Å²) in [4.78, 5) is -0.629. The first kappa shape index (κ1) is 27.7. The van der Waals surface area contributed by atoms with E-state index in [1.807, 2.05) is 18.2 Å². The Labute approximate surface area is 225 Å². The molecule has 0 aromatic heterocycles. The Morgan fingerprint density at radius 2 is 1.18 bits per heavy atom. The first-order chi connectivity index (χ1) is 18.5. The lowest BCUT2D eigenvalue weighted by Crippen LogP contribution is -1.98. The lowest BCUT2D eigenvalue weighted by atomic mass is 10.1. The highest BCUT2D eigenvalue weighted by Crippen LogP contribution is 2.36. The van der Waals surface area contributed by atoms with Crippen LogP contribution in [0.5, 0.6) is 0 Å². The molecule has 4 aromatic carbocycles. The zero-order chi connectivity index (χ0) is 28.0. The van der Waals surface area contributed by atoms with Crippen LogP contribution in [-0.4, -0.2) is 32.5 Å². The Hall–Kier alpha value is -4.30. The Morgan fingerprint density at radius 1 is 0.667 bits per heavy atom. The lowest BCUT2D eigenvalue weighted by Gasteiger charge is -2.07. The average molecular weight is 566 g/mol. The third-order valence-corrected chi connectivity index (χ3v) is 7.18. The fourth-order valence-corrected chi connectivity index (χ4v) is 4.49. The van der Waals surface area contributed by atoms with Crippen LogP contribution in [0.25, 0.3) is 10.8 Å². The van der Waals surface area contributed by atoms with Gasteiger partial charge in [0.15, 0.2) is 0 Å². The van der Waals surface area contributed by atoms with Gasteiger partial charge in [-0.15, -0.1) is 16.8 Å². The SMILES string of the molecule is C=CCCNc1ccc(N=Nc2ccc(N=Nc3ccc(S(=O)(=O)O)cc3)c3cc(S(=O)(=O)O)ccc23)cc1. The number of benzene rings is 4. The number of nitrogens with one attached hydrogen (secondary N) is 1. The van der Waals surface area contributed by atoms with E-state index in [1.165, 1.54) is 42.5 Å². The normalized spacial score (nSPS) is 12.4. The minimum atomic E-state index is -4.50. The highest BCUT2D eigenvalue weighted by Gasteiger charge is 2.14. The summed E-state index contributed by atoms with van der Waals surface area (Å²) in [5.41, 5.74) is 2.51. The molecular formula is C26H23N5O6S2. The summed E-state index contributed by atoms with van der Waals surface area (Å²) in [6.45, 7) is 4.46. The van der Waals surface area contributed by atoms with Gasteiger partial charge in [0.2, 0.25) is 0 Å². The van der Waals surface area contributed by atoms with Crippen molar-refractivity contribution in [3.05, 3.63) is 91.5 Å². The number of azo groups is 2.